The predicted molar refractivity (Wildman–Crippen MR) is 86.2 cm³/mol. The standard InChI is InChI=1S/C16H17N5O2/c1-2-23-10-5-6-11-12(7-10)19-15(18-11)14-13(8-17-21-14)20-16(22)9-3-4-9/h5-9H,2-4H2,1H3,(H,17,21)(H,18,19)(H,20,22). The quantitative estimate of drug-likeness (QED) is 0.675. The van der Waals surface area contributed by atoms with Crippen molar-refractivity contribution < 1.29 is 9.53 Å². The van der Waals surface area contributed by atoms with Crippen molar-refractivity contribution in [1.82, 2.24) is 20.2 Å². The minimum Gasteiger partial charge on any atom is -0.494 e. The van der Waals surface area contributed by atoms with E-state index >= 15 is 0 Å². The summed E-state index contributed by atoms with van der Waals surface area (Å²) in [4.78, 5) is 19.7. The number of anilines is 1. The van der Waals surface area contributed by atoms with Crippen molar-refractivity contribution in [2.24, 2.45) is 5.92 Å². The van der Waals surface area contributed by atoms with E-state index in [0.717, 1.165) is 29.6 Å². The number of fused-ring (bicyclic) bond motifs is 1. The van der Waals surface area contributed by atoms with Gasteiger partial charge in [-0.25, -0.2) is 4.98 Å². The van der Waals surface area contributed by atoms with E-state index in [2.05, 4.69) is 25.5 Å². The van der Waals surface area contributed by atoms with Crippen LogP contribution >= 0.6 is 0 Å². The van der Waals surface area contributed by atoms with Gasteiger partial charge in [0.25, 0.3) is 0 Å². The zero-order chi connectivity index (χ0) is 15.8. The monoisotopic (exact) mass is 311 g/mol. The van der Waals surface area contributed by atoms with Crippen LogP contribution in [0.4, 0.5) is 5.69 Å². The first-order chi connectivity index (χ1) is 11.2. The third kappa shape index (κ3) is 2.65. The Bertz CT molecular complexity index is 862. The van der Waals surface area contributed by atoms with Crippen LogP contribution in [0.15, 0.2) is 24.4 Å². The molecule has 4 rings (SSSR count). The summed E-state index contributed by atoms with van der Waals surface area (Å²) in [7, 11) is 0. The number of aromatic amines is 2. The van der Waals surface area contributed by atoms with Crippen LogP contribution < -0.4 is 10.1 Å². The van der Waals surface area contributed by atoms with Crippen LogP contribution in [0.1, 0.15) is 19.8 Å². The molecule has 1 aliphatic carbocycles. The van der Waals surface area contributed by atoms with Crippen molar-refractivity contribution in [1.29, 1.82) is 0 Å². The van der Waals surface area contributed by atoms with E-state index in [1.165, 1.54) is 0 Å². The number of rotatable bonds is 5. The Labute approximate surface area is 132 Å². The van der Waals surface area contributed by atoms with Gasteiger partial charge >= 0.3 is 0 Å². The second kappa shape index (κ2) is 5.42. The Kier molecular flexibility index (Phi) is 3.25. The molecule has 7 nitrogen and oxygen atoms in total. The highest BCUT2D eigenvalue weighted by Crippen LogP contribution is 2.32. The predicted octanol–water partition coefficient (Wildman–Crippen LogP) is 2.70. The van der Waals surface area contributed by atoms with Gasteiger partial charge in [-0.15, -0.1) is 0 Å². The molecule has 3 aromatic rings. The molecule has 1 saturated carbocycles. The van der Waals surface area contributed by atoms with Crippen molar-refractivity contribution in [2.75, 3.05) is 11.9 Å². The van der Waals surface area contributed by atoms with Crippen LogP contribution in [-0.2, 0) is 4.79 Å². The Morgan fingerprint density at radius 3 is 3.09 bits per heavy atom. The molecule has 0 bridgehead atoms. The molecule has 1 fully saturated rings. The minimum atomic E-state index is 0.0439. The molecule has 0 aliphatic heterocycles. The van der Waals surface area contributed by atoms with Crippen molar-refractivity contribution in [3.05, 3.63) is 24.4 Å². The van der Waals surface area contributed by atoms with Crippen LogP contribution in [0, 0.1) is 5.92 Å². The number of nitrogens with one attached hydrogen (secondary N) is 3. The number of carbonyl (C=O) groups is 1. The average molecular weight is 311 g/mol. The first kappa shape index (κ1) is 13.8. The Hall–Kier alpha value is -2.83. The smallest absolute Gasteiger partial charge is 0.227 e. The van der Waals surface area contributed by atoms with Gasteiger partial charge in [0.2, 0.25) is 5.91 Å². The summed E-state index contributed by atoms with van der Waals surface area (Å²) in [6.45, 7) is 2.56. The van der Waals surface area contributed by atoms with Gasteiger partial charge in [0.15, 0.2) is 5.82 Å². The molecule has 0 unspecified atom stereocenters. The molecule has 2 heterocycles. The lowest BCUT2D eigenvalue weighted by Gasteiger charge is -2.02. The van der Waals surface area contributed by atoms with Gasteiger partial charge in [0, 0.05) is 12.0 Å². The third-order valence-corrected chi connectivity index (χ3v) is 3.85. The van der Waals surface area contributed by atoms with E-state index in [-0.39, 0.29) is 11.8 Å². The minimum absolute atomic E-state index is 0.0439. The van der Waals surface area contributed by atoms with Crippen molar-refractivity contribution in [3.63, 3.8) is 0 Å². The molecule has 23 heavy (non-hydrogen) atoms. The number of hydrogen-bond donors (Lipinski definition) is 3. The van der Waals surface area contributed by atoms with Crippen LogP contribution in [0.25, 0.3) is 22.6 Å². The second-order valence-electron chi connectivity index (χ2n) is 5.62. The second-order valence-corrected chi connectivity index (χ2v) is 5.62. The molecular weight excluding hydrogens is 294 g/mol. The topological polar surface area (TPSA) is 95.7 Å². The molecule has 0 radical (unpaired) electrons. The number of nitrogens with zero attached hydrogens (tertiary/aromatic N) is 2. The fraction of sp³-hybridized carbons (Fsp3) is 0.312. The zero-order valence-electron chi connectivity index (χ0n) is 12.7. The number of amides is 1. The van der Waals surface area contributed by atoms with Crippen LogP contribution in [0.2, 0.25) is 0 Å². The van der Waals surface area contributed by atoms with Crippen molar-refractivity contribution in [3.8, 4) is 17.3 Å². The molecule has 1 aromatic carbocycles. The lowest BCUT2D eigenvalue weighted by Crippen LogP contribution is -2.13. The molecule has 1 amide bonds. The maximum absolute atomic E-state index is 11.9. The summed E-state index contributed by atoms with van der Waals surface area (Å²) in [6, 6.07) is 5.70. The number of carbonyl (C=O) groups excluding carboxylic acids is 1. The lowest BCUT2D eigenvalue weighted by atomic mass is 10.3. The number of ether oxygens (including phenoxy) is 1. The van der Waals surface area contributed by atoms with Gasteiger partial charge in [-0.1, -0.05) is 0 Å². The Balaban J connectivity index is 1.66. The molecule has 7 heteroatoms. The van der Waals surface area contributed by atoms with Gasteiger partial charge in [-0.3, -0.25) is 9.89 Å². The normalized spacial score (nSPS) is 14.1. The van der Waals surface area contributed by atoms with Crippen LogP contribution in [0.3, 0.4) is 0 Å². The number of H-pyrrole nitrogens is 2. The highest BCUT2D eigenvalue weighted by molar-refractivity contribution is 5.97. The Morgan fingerprint density at radius 2 is 2.30 bits per heavy atom. The SMILES string of the molecule is CCOc1ccc2nc(-c3[nH]ncc3NC(=O)C3CC3)[nH]c2c1. The van der Waals surface area contributed by atoms with Gasteiger partial charge in [-0.2, -0.15) is 5.10 Å². The van der Waals surface area contributed by atoms with E-state index in [1.807, 2.05) is 25.1 Å². The van der Waals surface area contributed by atoms with E-state index in [4.69, 9.17) is 4.74 Å². The average Bonchev–Trinajstić information content (AvgIpc) is 3.16. The first-order valence-electron chi connectivity index (χ1n) is 7.71. The third-order valence-electron chi connectivity index (χ3n) is 3.85. The van der Waals surface area contributed by atoms with E-state index in [1.54, 1.807) is 6.20 Å². The zero-order valence-corrected chi connectivity index (χ0v) is 12.7. The van der Waals surface area contributed by atoms with Crippen molar-refractivity contribution in [2.45, 2.75) is 19.8 Å². The number of aromatic nitrogens is 4. The molecule has 0 spiro atoms. The summed E-state index contributed by atoms with van der Waals surface area (Å²) >= 11 is 0. The molecule has 3 N–H and O–H groups in total. The fourth-order valence-electron chi connectivity index (χ4n) is 2.51. The number of hydrogen-bond acceptors (Lipinski definition) is 4. The molecule has 2 aromatic heterocycles. The molecule has 0 atom stereocenters. The van der Waals surface area contributed by atoms with E-state index in [9.17, 15) is 4.79 Å². The molecule has 118 valence electrons. The van der Waals surface area contributed by atoms with Gasteiger partial charge in [0.05, 0.1) is 29.5 Å². The first-order valence-corrected chi connectivity index (χ1v) is 7.71. The van der Waals surface area contributed by atoms with Crippen molar-refractivity contribution >= 4 is 22.6 Å². The highest BCUT2D eigenvalue weighted by atomic mass is 16.5. The summed E-state index contributed by atoms with van der Waals surface area (Å²) in [5.74, 6) is 1.61. The van der Waals surface area contributed by atoms with Crippen LogP contribution in [0.5, 0.6) is 5.75 Å². The largest absolute Gasteiger partial charge is 0.494 e. The number of benzene rings is 1. The maximum Gasteiger partial charge on any atom is 0.227 e. The molecular formula is C16H17N5O2. The van der Waals surface area contributed by atoms with E-state index in [0.29, 0.717) is 23.8 Å². The lowest BCUT2D eigenvalue weighted by molar-refractivity contribution is -0.117. The van der Waals surface area contributed by atoms with Gasteiger partial charge in [0.1, 0.15) is 11.4 Å². The summed E-state index contributed by atoms with van der Waals surface area (Å²) < 4.78 is 5.50. The van der Waals surface area contributed by atoms with Crippen LogP contribution in [-0.4, -0.2) is 32.7 Å². The fourth-order valence-corrected chi connectivity index (χ4v) is 2.51. The summed E-state index contributed by atoms with van der Waals surface area (Å²) in [5.41, 5.74) is 3.02. The van der Waals surface area contributed by atoms with Gasteiger partial charge in [-0.05, 0) is 31.9 Å². The Morgan fingerprint density at radius 1 is 1.43 bits per heavy atom. The van der Waals surface area contributed by atoms with Gasteiger partial charge < -0.3 is 15.0 Å². The number of imidazole rings is 1. The van der Waals surface area contributed by atoms with E-state index < -0.39 is 0 Å². The maximum atomic E-state index is 11.9. The molecule has 1 aliphatic rings. The highest BCUT2D eigenvalue weighted by Gasteiger charge is 2.30. The summed E-state index contributed by atoms with van der Waals surface area (Å²) in [5, 5.41) is 9.83. The summed E-state index contributed by atoms with van der Waals surface area (Å²) in [6.07, 6.45) is 3.53. The molecule has 0 saturated heterocycles.